The van der Waals surface area contributed by atoms with Crippen LogP contribution in [0.15, 0.2) is 41.3 Å². The van der Waals surface area contributed by atoms with Crippen LogP contribution in [0, 0.1) is 0 Å². The lowest BCUT2D eigenvalue weighted by Crippen LogP contribution is -2.32. The summed E-state index contributed by atoms with van der Waals surface area (Å²) in [6, 6.07) is 7.73. The molecule has 2 rings (SSSR count). The van der Waals surface area contributed by atoms with Crippen molar-refractivity contribution in [2.75, 3.05) is 11.9 Å². The van der Waals surface area contributed by atoms with Crippen LogP contribution in [0.4, 0.5) is 5.69 Å². The predicted molar refractivity (Wildman–Crippen MR) is 73.7 cm³/mol. The monoisotopic (exact) mass is 259 g/mol. The van der Waals surface area contributed by atoms with Crippen molar-refractivity contribution in [1.82, 2.24) is 10.3 Å². The van der Waals surface area contributed by atoms with Crippen LogP contribution in [-0.4, -0.2) is 23.5 Å². The van der Waals surface area contributed by atoms with Gasteiger partial charge in [-0.3, -0.25) is 4.79 Å². The average molecular weight is 259 g/mol. The Hall–Kier alpha value is -2.14. The molecule has 5 heteroatoms. The summed E-state index contributed by atoms with van der Waals surface area (Å²) >= 11 is 0. The van der Waals surface area contributed by atoms with Crippen LogP contribution in [0.1, 0.15) is 13.8 Å². The van der Waals surface area contributed by atoms with Crippen LogP contribution in [0.3, 0.4) is 0 Å². The van der Waals surface area contributed by atoms with Crippen LogP contribution in [0.25, 0.3) is 11.3 Å². The number of hydrogen-bond donors (Lipinski definition) is 2. The highest BCUT2D eigenvalue weighted by Gasteiger charge is 2.04. The number of hydrogen-bond acceptors (Lipinski definition) is 4. The zero-order chi connectivity index (χ0) is 13.7. The number of rotatable bonds is 5. The van der Waals surface area contributed by atoms with E-state index in [2.05, 4.69) is 15.6 Å². The van der Waals surface area contributed by atoms with E-state index in [0.29, 0.717) is 18.3 Å². The van der Waals surface area contributed by atoms with Crippen LogP contribution in [0.5, 0.6) is 0 Å². The normalized spacial score (nSPS) is 10.7. The topological polar surface area (TPSA) is 67.2 Å². The van der Waals surface area contributed by atoms with Crippen molar-refractivity contribution < 1.29 is 9.21 Å². The standard InChI is InChI=1S/C14H17N3O2/c1-10(2)16-8-14(18)17-12-5-3-11(4-6-12)13-7-15-9-19-13/h3-7,9-10,16H,8H2,1-2H3,(H,17,18). The maximum atomic E-state index is 11.6. The first kappa shape index (κ1) is 13.3. The minimum atomic E-state index is -0.0545. The summed E-state index contributed by atoms with van der Waals surface area (Å²) in [5, 5.41) is 5.89. The Bertz CT molecular complexity index is 518. The van der Waals surface area contributed by atoms with Crippen LogP contribution >= 0.6 is 0 Å². The molecule has 0 radical (unpaired) electrons. The van der Waals surface area contributed by atoms with Crippen molar-refractivity contribution >= 4 is 11.6 Å². The number of carbonyl (C=O) groups is 1. The quantitative estimate of drug-likeness (QED) is 0.864. The van der Waals surface area contributed by atoms with E-state index in [9.17, 15) is 4.79 Å². The molecule has 1 aromatic carbocycles. The van der Waals surface area contributed by atoms with Gasteiger partial charge in [0.25, 0.3) is 0 Å². The number of amides is 1. The van der Waals surface area contributed by atoms with Gasteiger partial charge in [-0.1, -0.05) is 13.8 Å². The summed E-state index contributed by atoms with van der Waals surface area (Å²) in [5.74, 6) is 0.653. The van der Waals surface area contributed by atoms with E-state index in [-0.39, 0.29) is 5.91 Å². The number of benzene rings is 1. The molecule has 0 saturated carbocycles. The second-order valence-electron chi connectivity index (χ2n) is 4.53. The first-order valence-electron chi connectivity index (χ1n) is 6.17. The smallest absolute Gasteiger partial charge is 0.238 e. The van der Waals surface area contributed by atoms with Gasteiger partial charge in [-0.25, -0.2) is 4.98 Å². The summed E-state index contributed by atoms with van der Waals surface area (Å²) in [4.78, 5) is 15.5. The van der Waals surface area contributed by atoms with E-state index in [4.69, 9.17) is 4.42 Å². The molecule has 1 heterocycles. The lowest BCUT2D eigenvalue weighted by molar-refractivity contribution is -0.115. The molecule has 2 N–H and O–H groups in total. The second kappa shape index (κ2) is 6.15. The predicted octanol–water partition coefficient (Wildman–Crippen LogP) is 2.28. The molecule has 2 aromatic rings. The zero-order valence-electron chi connectivity index (χ0n) is 11.0. The number of aromatic nitrogens is 1. The minimum absolute atomic E-state index is 0.0545. The minimum Gasteiger partial charge on any atom is -0.444 e. The van der Waals surface area contributed by atoms with E-state index < -0.39 is 0 Å². The van der Waals surface area contributed by atoms with Gasteiger partial charge in [-0.2, -0.15) is 0 Å². The number of carbonyl (C=O) groups excluding carboxylic acids is 1. The first-order chi connectivity index (χ1) is 9.15. The van der Waals surface area contributed by atoms with E-state index in [1.165, 1.54) is 6.39 Å². The van der Waals surface area contributed by atoms with Crippen LogP contribution < -0.4 is 10.6 Å². The first-order valence-corrected chi connectivity index (χ1v) is 6.17. The van der Waals surface area contributed by atoms with Gasteiger partial charge in [0.2, 0.25) is 5.91 Å². The average Bonchev–Trinajstić information content (AvgIpc) is 2.91. The van der Waals surface area contributed by atoms with Crippen molar-refractivity contribution in [1.29, 1.82) is 0 Å². The SMILES string of the molecule is CC(C)NCC(=O)Nc1ccc(-c2cnco2)cc1. The van der Waals surface area contributed by atoms with Gasteiger partial charge >= 0.3 is 0 Å². The molecule has 0 spiro atoms. The Labute approximate surface area is 112 Å². The lowest BCUT2D eigenvalue weighted by atomic mass is 10.1. The molecule has 0 unspecified atom stereocenters. The number of nitrogens with zero attached hydrogens (tertiary/aromatic N) is 1. The Morgan fingerprint density at radius 2 is 2.05 bits per heavy atom. The lowest BCUT2D eigenvalue weighted by Gasteiger charge is -2.09. The summed E-state index contributed by atoms with van der Waals surface area (Å²) in [5.41, 5.74) is 1.69. The number of oxazole rings is 1. The highest BCUT2D eigenvalue weighted by molar-refractivity contribution is 5.92. The van der Waals surface area contributed by atoms with Gasteiger partial charge in [0, 0.05) is 17.3 Å². The molecule has 0 aliphatic rings. The molecular weight excluding hydrogens is 242 g/mol. The fourth-order valence-corrected chi connectivity index (χ4v) is 1.58. The Morgan fingerprint density at radius 3 is 2.63 bits per heavy atom. The van der Waals surface area contributed by atoms with Crippen molar-refractivity contribution in [3.8, 4) is 11.3 Å². The van der Waals surface area contributed by atoms with Crippen LogP contribution in [0.2, 0.25) is 0 Å². The van der Waals surface area contributed by atoms with Crippen molar-refractivity contribution in [3.05, 3.63) is 36.9 Å². The molecule has 0 fully saturated rings. The molecule has 1 aromatic heterocycles. The summed E-state index contributed by atoms with van der Waals surface area (Å²) in [6.07, 6.45) is 3.04. The van der Waals surface area contributed by atoms with Crippen molar-refractivity contribution in [2.45, 2.75) is 19.9 Å². The molecule has 1 amide bonds. The van der Waals surface area contributed by atoms with Gasteiger partial charge in [-0.05, 0) is 24.3 Å². The maximum absolute atomic E-state index is 11.6. The number of nitrogens with one attached hydrogen (secondary N) is 2. The fourth-order valence-electron chi connectivity index (χ4n) is 1.58. The molecule has 0 aliphatic carbocycles. The molecule has 0 aliphatic heterocycles. The van der Waals surface area contributed by atoms with Gasteiger partial charge in [0.1, 0.15) is 0 Å². The summed E-state index contributed by atoms with van der Waals surface area (Å²) < 4.78 is 5.20. The van der Waals surface area contributed by atoms with Gasteiger partial charge in [0.15, 0.2) is 12.2 Å². The Kier molecular flexibility index (Phi) is 4.30. The molecular formula is C14H17N3O2. The van der Waals surface area contributed by atoms with Crippen molar-refractivity contribution in [2.24, 2.45) is 0 Å². The third-order valence-corrected chi connectivity index (χ3v) is 2.56. The number of anilines is 1. The maximum Gasteiger partial charge on any atom is 0.238 e. The molecule has 0 saturated heterocycles. The highest BCUT2D eigenvalue weighted by Crippen LogP contribution is 2.20. The molecule has 0 bridgehead atoms. The molecule has 100 valence electrons. The third-order valence-electron chi connectivity index (χ3n) is 2.56. The van der Waals surface area contributed by atoms with E-state index in [0.717, 1.165) is 11.3 Å². The largest absolute Gasteiger partial charge is 0.444 e. The highest BCUT2D eigenvalue weighted by atomic mass is 16.3. The summed E-state index contributed by atoms with van der Waals surface area (Å²) in [7, 11) is 0. The molecule has 0 atom stereocenters. The van der Waals surface area contributed by atoms with Gasteiger partial charge in [-0.15, -0.1) is 0 Å². The summed E-state index contributed by atoms with van der Waals surface area (Å²) in [6.45, 7) is 4.31. The Balaban J connectivity index is 1.94. The van der Waals surface area contributed by atoms with Crippen molar-refractivity contribution in [3.63, 3.8) is 0 Å². The third kappa shape index (κ3) is 3.93. The van der Waals surface area contributed by atoms with Gasteiger partial charge in [0.05, 0.1) is 12.7 Å². The Morgan fingerprint density at radius 1 is 1.32 bits per heavy atom. The fraction of sp³-hybridized carbons (Fsp3) is 0.286. The van der Waals surface area contributed by atoms with Crippen LogP contribution in [-0.2, 0) is 4.79 Å². The van der Waals surface area contributed by atoms with E-state index >= 15 is 0 Å². The zero-order valence-corrected chi connectivity index (χ0v) is 11.0. The second-order valence-corrected chi connectivity index (χ2v) is 4.53. The van der Waals surface area contributed by atoms with E-state index in [1.54, 1.807) is 6.20 Å². The van der Waals surface area contributed by atoms with E-state index in [1.807, 2.05) is 38.1 Å². The van der Waals surface area contributed by atoms with Gasteiger partial charge < -0.3 is 15.1 Å². The molecule has 19 heavy (non-hydrogen) atoms. The molecule has 5 nitrogen and oxygen atoms in total.